The van der Waals surface area contributed by atoms with Crippen molar-refractivity contribution in [3.05, 3.63) is 0 Å². The molecule has 0 aliphatic carbocycles. The number of hydrogen-bond donors (Lipinski definition) is 1. The average molecular weight is 242 g/mol. The third-order valence-corrected chi connectivity index (χ3v) is 3.89. The van der Waals surface area contributed by atoms with E-state index in [1.165, 1.54) is 19.4 Å². The first-order chi connectivity index (χ1) is 8.19. The van der Waals surface area contributed by atoms with Crippen LogP contribution in [0.15, 0.2) is 0 Å². The number of rotatable bonds is 7. The topological polar surface area (TPSA) is 24.5 Å². The van der Waals surface area contributed by atoms with Crippen LogP contribution in [0.5, 0.6) is 0 Å². The molecule has 3 atom stereocenters. The fourth-order valence-corrected chi connectivity index (χ4v) is 2.61. The highest BCUT2D eigenvalue weighted by Crippen LogP contribution is 2.19. The van der Waals surface area contributed by atoms with E-state index in [9.17, 15) is 0 Å². The van der Waals surface area contributed by atoms with Crippen molar-refractivity contribution in [1.82, 2.24) is 10.2 Å². The summed E-state index contributed by atoms with van der Waals surface area (Å²) in [6.07, 6.45) is 4.12. The molecule has 17 heavy (non-hydrogen) atoms. The maximum atomic E-state index is 5.89. The first-order valence-electron chi connectivity index (χ1n) is 7.19. The predicted octanol–water partition coefficient (Wildman–Crippen LogP) is 2.12. The van der Waals surface area contributed by atoms with Crippen LogP contribution >= 0.6 is 0 Å². The van der Waals surface area contributed by atoms with Crippen LogP contribution in [0, 0.1) is 5.92 Å². The van der Waals surface area contributed by atoms with Crippen LogP contribution in [0.4, 0.5) is 0 Å². The Morgan fingerprint density at radius 1 is 1.41 bits per heavy atom. The summed E-state index contributed by atoms with van der Waals surface area (Å²) >= 11 is 0. The Kier molecular flexibility index (Phi) is 7.09. The van der Waals surface area contributed by atoms with Crippen molar-refractivity contribution in [1.29, 1.82) is 0 Å². The highest BCUT2D eigenvalue weighted by molar-refractivity contribution is 4.80. The third kappa shape index (κ3) is 4.94. The second kappa shape index (κ2) is 8.06. The molecule has 0 radical (unpaired) electrons. The average Bonchev–Trinajstić information content (AvgIpc) is 2.36. The Labute approximate surface area is 107 Å². The first kappa shape index (κ1) is 14.9. The van der Waals surface area contributed by atoms with Gasteiger partial charge in [-0.15, -0.1) is 0 Å². The van der Waals surface area contributed by atoms with Crippen molar-refractivity contribution in [2.45, 2.75) is 52.2 Å². The standard InChI is InChI=1S/C14H30N2O/c1-5-9-17-14-7-6-8-16(11-14)13(3)12(2)10-15-4/h12-15H,5-11H2,1-4H3. The molecule has 0 saturated carbocycles. The summed E-state index contributed by atoms with van der Waals surface area (Å²) in [6.45, 7) is 11.2. The Morgan fingerprint density at radius 2 is 2.18 bits per heavy atom. The zero-order valence-electron chi connectivity index (χ0n) is 12.0. The first-order valence-corrected chi connectivity index (χ1v) is 7.19. The molecule has 1 aliphatic heterocycles. The molecule has 0 aromatic carbocycles. The van der Waals surface area contributed by atoms with E-state index in [0.717, 1.165) is 26.1 Å². The highest BCUT2D eigenvalue weighted by Gasteiger charge is 2.26. The lowest BCUT2D eigenvalue weighted by Gasteiger charge is -2.39. The normalized spacial score (nSPS) is 25.8. The summed E-state index contributed by atoms with van der Waals surface area (Å²) in [5.41, 5.74) is 0. The molecule has 0 aromatic heterocycles. The summed E-state index contributed by atoms with van der Waals surface area (Å²) < 4.78 is 5.89. The maximum absolute atomic E-state index is 5.89. The number of piperidine rings is 1. The Balaban J connectivity index is 2.37. The van der Waals surface area contributed by atoms with Crippen LogP contribution in [0.1, 0.15) is 40.0 Å². The lowest BCUT2D eigenvalue weighted by atomic mass is 9.98. The van der Waals surface area contributed by atoms with Gasteiger partial charge in [0.15, 0.2) is 0 Å². The van der Waals surface area contributed by atoms with Crippen molar-refractivity contribution in [2.24, 2.45) is 5.92 Å². The van der Waals surface area contributed by atoms with Crippen LogP contribution in [0.25, 0.3) is 0 Å². The van der Waals surface area contributed by atoms with Gasteiger partial charge in [0.1, 0.15) is 0 Å². The molecule has 1 heterocycles. The van der Waals surface area contributed by atoms with Crippen LogP contribution < -0.4 is 5.32 Å². The number of likely N-dealkylation sites (tertiary alicyclic amines) is 1. The van der Waals surface area contributed by atoms with E-state index in [-0.39, 0.29) is 0 Å². The Bertz CT molecular complexity index is 199. The van der Waals surface area contributed by atoms with Gasteiger partial charge in [-0.25, -0.2) is 0 Å². The van der Waals surface area contributed by atoms with E-state index in [1.807, 2.05) is 7.05 Å². The predicted molar refractivity (Wildman–Crippen MR) is 73.4 cm³/mol. The van der Waals surface area contributed by atoms with Crippen molar-refractivity contribution in [3.63, 3.8) is 0 Å². The molecule has 3 heteroatoms. The number of nitrogens with one attached hydrogen (secondary N) is 1. The largest absolute Gasteiger partial charge is 0.377 e. The van der Waals surface area contributed by atoms with E-state index in [4.69, 9.17) is 4.74 Å². The zero-order valence-corrected chi connectivity index (χ0v) is 12.0. The molecular formula is C14H30N2O. The van der Waals surface area contributed by atoms with Crippen LogP contribution in [0.3, 0.4) is 0 Å². The molecular weight excluding hydrogens is 212 g/mol. The summed E-state index contributed by atoms with van der Waals surface area (Å²) in [7, 11) is 2.03. The van der Waals surface area contributed by atoms with Crippen LogP contribution in [-0.2, 0) is 4.74 Å². The Morgan fingerprint density at radius 3 is 2.82 bits per heavy atom. The molecule has 1 fully saturated rings. The van der Waals surface area contributed by atoms with Crippen molar-refractivity contribution < 1.29 is 4.74 Å². The van der Waals surface area contributed by atoms with Crippen molar-refractivity contribution in [2.75, 3.05) is 33.3 Å². The molecule has 1 saturated heterocycles. The molecule has 3 nitrogen and oxygen atoms in total. The van der Waals surface area contributed by atoms with Gasteiger partial charge >= 0.3 is 0 Å². The summed E-state index contributed by atoms with van der Waals surface area (Å²) in [4.78, 5) is 2.60. The van der Waals surface area contributed by atoms with E-state index in [0.29, 0.717) is 18.1 Å². The van der Waals surface area contributed by atoms with E-state index >= 15 is 0 Å². The lowest BCUT2D eigenvalue weighted by Crippen LogP contribution is -2.48. The van der Waals surface area contributed by atoms with E-state index in [2.05, 4.69) is 31.0 Å². The fraction of sp³-hybridized carbons (Fsp3) is 1.00. The molecule has 0 amide bonds. The van der Waals surface area contributed by atoms with Gasteiger partial charge in [0.05, 0.1) is 6.10 Å². The van der Waals surface area contributed by atoms with Gasteiger partial charge in [0.25, 0.3) is 0 Å². The van der Waals surface area contributed by atoms with Gasteiger partial charge in [-0.3, -0.25) is 4.90 Å². The highest BCUT2D eigenvalue weighted by atomic mass is 16.5. The molecule has 1 rings (SSSR count). The quantitative estimate of drug-likeness (QED) is 0.740. The van der Waals surface area contributed by atoms with Crippen molar-refractivity contribution in [3.8, 4) is 0 Å². The van der Waals surface area contributed by atoms with Gasteiger partial charge in [-0.1, -0.05) is 13.8 Å². The lowest BCUT2D eigenvalue weighted by molar-refractivity contribution is -0.0167. The minimum absolute atomic E-state index is 0.466. The number of hydrogen-bond acceptors (Lipinski definition) is 3. The van der Waals surface area contributed by atoms with Crippen LogP contribution in [0.2, 0.25) is 0 Å². The minimum Gasteiger partial charge on any atom is -0.377 e. The van der Waals surface area contributed by atoms with Gasteiger partial charge in [-0.2, -0.15) is 0 Å². The molecule has 1 N–H and O–H groups in total. The Hall–Kier alpha value is -0.120. The second-order valence-corrected chi connectivity index (χ2v) is 5.41. The third-order valence-electron chi connectivity index (χ3n) is 3.89. The smallest absolute Gasteiger partial charge is 0.0702 e. The number of nitrogens with zero attached hydrogens (tertiary/aromatic N) is 1. The van der Waals surface area contributed by atoms with Gasteiger partial charge < -0.3 is 10.1 Å². The molecule has 1 aliphatic rings. The summed E-state index contributed by atoms with van der Waals surface area (Å²) in [5.74, 6) is 0.699. The summed E-state index contributed by atoms with van der Waals surface area (Å²) in [6, 6.07) is 0.649. The molecule has 0 bridgehead atoms. The second-order valence-electron chi connectivity index (χ2n) is 5.41. The molecule has 102 valence electrons. The molecule has 0 aromatic rings. The van der Waals surface area contributed by atoms with Gasteiger partial charge in [-0.05, 0) is 52.2 Å². The fourth-order valence-electron chi connectivity index (χ4n) is 2.61. The van der Waals surface area contributed by atoms with Crippen molar-refractivity contribution >= 4 is 0 Å². The zero-order chi connectivity index (χ0) is 12.7. The van der Waals surface area contributed by atoms with Gasteiger partial charge in [0.2, 0.25) is 0 Å². The number of ether oxygens (including phenoxy) is 1. The molecule has 3 unspecified atom stereocenters. The SMILES string of the molecule is CCCOC1CCCN(C(C)C(C)CNC)C1. The maximum Gasteiger partial charge on any atom is 0.0702 e. The van der Waals surface area contributed by atoms with E-state index < -0.39 is 0 Å². The monoisotopic (exact) mass is 242 g/mol. The van der Waals surface area contributed by atoms with Crippen LogP contribution in [-0.4, -0.2) is 50.3 Å². The summed E-state index contributed by atoms with van der Waals surface area (Å²) in [5, 5.41) is 3.28. The van der Waals surface area contributed by atoms with E-state index in [1.54, 1.807) is 0 Å². The minimum atomic E-state index is 0.466. The molecule has 0 spiro atoms. The van der Waals surface area contributed by atoms with Gasteiger partial charge in [0, 0.05) is 19.2 Å².